The molecule has 2 aromatic carbocycles. The molecule has 3 heterocycles. The summed E-state index contributed by atoms with van der Waals surface area (Å²) in [6.07, 6.45) is 6.00. The van der Waals surface area contributed by atoms with Gasteiger partial charge in [0, 0.05) is 35.6 Å². The van der Waals surface area contributed by atoms with Crippen LogP contribution in [0.5, 0.6) is 0 Å². The number of halogens is 2. The van der Waals surface area contributed by atoms with E-state index in [4.69, 9.17) is 16.7 Å². The van der Waals surface area contributed by atoms with Crippen molar-refractivity contribution < 1.29 is 4.39 Å². The van der Waals surface area contributed by atoms with Crippen molar-refractivity contribution in [2.75, 3.05) is 11.9 Å². The summed E-state index contributed by atoms with van der Waals surface area (Å²) in [4.78, 5) is 4.30. The van der Waals surface area contributed by atoms with Gasteiger partial charge in [-0.1, -0.05) is 41.9 Å². The quantitative estimate of drug-likeness (QED) is 0.398. The lowest BCUT2D eigenvalue weighted by Gasteiger charge is -2.31. The molecule has 3 aromatic rings. The van der Waals surface area contributed by atoms with Gasteiger partial charge in [-0.05, 0) is 56.0 Å². The molecule has 5 rings (SSSR count). The molecular weight excluding hydrogens is 411 g/mol. The number of benzene rings is 2. The van der Waals surface area contributed by atoms with Crippen LogP contribution in [0.25, 0.3) is 11.3 Å². The molecule has 0 fully saturated rings. The molecule has 0 spiro atoms. The Balaban J connectivity index is 1.53. The van der Waals surface area contributed by atoms with E-state index in [0.717, 1.165) is 47.0 Å². The van der Waals surface area contributed by atoms with Crippen molar-refractivity contribution in [3.05, 3.63) is 95.1 Å². The predicted molar refractivity (Wildman–Crippen MR) is 123 cm³/mol. The average molecular weight is 435 g/mol. The monoisotopic (exact) mass is 434 g/mol. The molecular formula is C25H24ClFN4. The number of nitrogens with zero attached hydrogens (tertiary/aromatic N) is 4. The van der Waals surface area contributed by atoms with Crippen LogP contribution >= 0.6 is 11.6 Å². The summed E-state index contributed by atoms with van der Waals surface area (Å²) in [5, 5.41) is 4.87. The molecule has 1 unspecified atom stereocenters. The van der Waals surface area contributed by atoms with Crippen molar-refractivity contribution in [2.45, 2.75) is 32.1 Å². The largest absolute Gasteiger partial charge is 0.325 e. The van der Waals surface area contributed by atoms with Crippen molar-refractivity contribution in [3.63, 3.8) is 0 Å². The van der Waals surface area contributed by atoms with E-state index in [2.05, 4.69) is 48.0 Å². The molecule has 2 aliphatic heterocycles. The molecule has 6 heteroatoms. The highest BCUT2D eigenvalue weighted by atomic mass is 35.5. The molecule has 0 N–H and O–H groups in total. The van der Waals surface area contributed by atoms with Crippen LogP contribution in [-0.2, 0) is 19.6 Å². The summed E-state index contributed by atoms with van der Waals surface area (Å²) in [5.41, 5.74) is 6.60. The minimum Gasteiger partial charge on any atom is -0.325 e. The normalized spacial score (nSPS) is 18.4. The van der Waals surface area contributed by atoms with Gasteiger partial charge in [-0.25, -0.2) is 4.39 Å². The van der Waals surface area contributed by atoms with E-state index in [9.17, 15) is 4.39 Å². The van der Waals surface area contributed by atoms with Crippen LogP contribution < -0.4 is 4.90 Å². The molecule has 1 atom stereocenters. The highest BCUT2D eigenvalue weighted by Crippen LogP contribution is 2.34. The maximum absolute atomic E-state index is 14.7. The molecule has 4 nitrogen and oxygen atoms in total. The van der Waals surface area contributed by atoms with Crippen molar-refractivity contribution in [1.29, 1.82) is 0 Å². The molecule has 31 heavy (non-hydrogen) atoms. The molecule has 0 saturated carbocycles. The zero-order chi connectivity index (χ0) is 21.5. The Morgan fingerprint density at radius 3 is 2.77 bits per heavy atom. The van der Waals surface area contributed by atoms with Crippen LogP contribution in [0.15, 0.2) is 72.5 Å². The molecule has 2 aliphatic rings. The van der Waals surface area contributed by atoms with Gasteiger partial charge in [-0.3, -0.25) is 9.58 Å². The summed E-state index contributed by atoms with van der Waals surface area (Å²) < 4.78 is 16.7. The predicted octanol–water partition coefficient (Wildman–Crippen LogP) is 5.53. The van der Waals surface area contributed by atoms with Crippen LogP contribution in [0, 0.1) is 5.82 Å². The molecule has 158 valence electrons. The Kier molecular flexibility index (Phi) is 5.16. The Bertz CT molecular complexity index is 1200. The van der Waals surface area contributed by atoms with Crippen molar-refractivity contribution in [2.24, 2.45) is 0 Å². The number of allylic oxidation sites excluding steroid dienone is 3. The van der Waals surface area contributed by atoms with Crippen molar-refractivity contribution >= 4 is 17.3 Å². The van der Waals surface area contributed by atoms with Crippen LogP contribution in [0.2, 0.25) is 0 Å². The maximum Gasteiger partial charge on any atom is 0.132 e. The summed E-state index contributed by atoms with van der Waals surface area (Å²) in [7, 11) is 2.06. The second-order valence-corrected chi connectivity index (χ2v) is 8.64. The van der Waals surface area contributed by atoms with E-state index in [1.54, 1.807) is 6.07 Å². The number of rotatable bonds is 4. The third kappa shape index (κ3) is 3.68. The summed E-state index contributed by atoms with van der Waals surface area (Å²) in [6.45, 7) is 4.17. The zero-order valence-corrected chi connectivity index (χ0v) is 18.4. The fourth-order valence-corrected chi connectivity index (χ4v) is 4.81. The van der Waals surface area contributed by atoms with E-state index < -0.39 is 0 Å². The fourth-order valence-electron chi connectivity index (χ4n) is 4.46. The van der Waals surface area contributed by atoms with Gasteiger partial charge in [0.25, 0.3) is 0 Å². The van der Waals surface area contributed by atoms with E-state index in [0.29, 0.717) is 12.1 Å². The van der Waals surface area contributed by atoms with Crippen LogP contribution in [-0.4, -0.2) is 27.2 Å². The van der Waals surface area contributed by atoms with E-state index in [1.807, 2.05) is 35.0 Å². The topological polar surface area (TPSA) is 24.3 Å². The van der Waals surface area contributed by atoms with E-state index in [1.165, 1.54) is 6.07 Å². The average Bonchev–Trinajstić information content (AvgIpc) is 3.24. The minimum absolute atomic E-state index is 0.222. The van der Waals surface area contributed by atoms with Crippen LogP contribution in [0.1, 0.15) is 23.7 Å². The third-order valence-corrected chi connectivity index (χ3v) is 6.21. The Morgan fingerprint density at radius 2 is 1.97 bits per heavy atom. The first kappa shape index (κ1) is 20.0. The molecule has 0 aliphatic carbocycles. The van der Waals surface area contributed by atoms with Gasteiger partial charge in [0.05, 0.1) is 17.9 Å². The van der Waals surface area contributed by atoms with Gasteiger partial charge < -0.3 is 4.90 Å². The molecule has 0 amide bonds. The Morgan fingerprint density at radius 1 is 1.13 bits per heavy atom. The minimum atomic E-state index is -0.224. The van der Waals surface area contributed by atoms with Crippen LogP contribution in [0.4, 0.5) is 10.1 Å². The Labute approximate surface area is 186 Å². The van der Waals surface area contributed by atoms with E-state index in [-0.39, 0.29) is 11.3 Å². The fraction of sp³-hybridized carbons (Fsp3) is 0.240. The highest BCUT2D eigenvalue weighted by Gasteiger charge is 2.27. The third-order valence-electron chi connectivity index (χ3n) is 5.87. The number of hydrogen-bond acceptors (Lipinski definition) is 3. The number of alkyl halides is 1. The number of anilines is 1. The lowest BCUT2D eigenvalue weighted by molar-refractivity contribution is 0.346. The number of hydrogen-bond donors (Lipinski definition) is 0. The van der Waals surface area contributed by atoms with Gasteiger partial charge in [-0.15, -0.1) is 0 Å². The second kappa shape index (κ2) is 7.98. The van der Waals surface area contributed by atoms with Gasteiger partial charge in [0.15, 0.2) is 0 Å². The van der Waals surface area contributed by atoms with Crippen molar-refractivity contribution in [1.82, 2.24) is 14.7 Å². The zero-order valence-electron chi connectivity index (χ0n) is 17.6. The molecule has 0 saturated heterocycles. The number of fused-ring (bicyclic) bond motifs is 1. The van der Waals surface area contributed by atoms with Gasteiger partial charge in [0.2, 0.25) is 0 Å². The Hall–Kier alpha value is -2.89. The highest BCUT2D eigenvalue weighted by molar-refractivity contribution is 6.23. The lowest BCUT2D eigenvalue weighted by Crippen LogP contribution is -2.29. The summed E-state index contributed by atoms with van der Waals surface area (Å²) in [5.74, 6) is -0.222. The van der Waals surface area contributed by atoms with Gasteiger partial charge in [0.1, 0.15) is 11.3 Å². The standard InChI is InChI=1S/C25H24ClFN4/c1-17-7-5-12-24(26)31(17)19-9-6-8-18(13-19)14-30-25(20-10-3-4-11-22(20)27)21-15-29(2)16-23(21)28-30/h3-13,24H,14-16H2,1-2H3. The molecule has 0 radical (unpaired) electrons. The van der Waals surface area contributed by atoms with Gasteiger partial charge >= 0.3 is 0 Å². The van der Waals surface area contributed by atoms with Crippen molar-refractivity contribution in [3.8, 4) is 11.3 Å². The van der Waals surface area contributed by atoms with E-state index >= 15 is 0 Å². The lowest BCUT2D eigenvalue weighted by atomic mass is 10.1. The number of aromatic nitrogens is 2. The van der Waals surface area contributed by atoms with Crippen LogP contribution in [0.3, 0.4) is 0 Å². The SMILES string of the molecule is CC1=CC=CC(Cl)N1c1cccc(Cn2nc3c(c2-c2ccccc2F)CN(C)C3)c1. The molecule has 0 bridgehead atoms. The smallest absolute Gasteiger partial charge is 0.132 e. The molecule has 1 aromatic heterocycles. The maximum atomic E-state index is 14.7. The van der Waals surface area contributed by atoms with Gasteiger partial charge in [-0.2, -0.15) is 5.10 Å². The summed E-state index contributed by atoms with van der Waals surface area (Å²) in [6, 6.07) is 15.3. The first-order chi connectivity index (χ1) is 15.0. The summed E-state index contributed by atoms with van der Waals surface area (Å²) >= 11 is 6.55. The second-order valence-electron chi connectivity index (χ2n) is 8.19. The first-order valence-corrected chi connectivity index (χ1v) is 10.8. The first-order valence-electron chi connectivity index (χ1n) is 10.4.